The molecule has 0 atom stereocenters. The molecule has 1 aliphatic heterocycles. The zero-order valence-electron chi connectivity index (χ0n) is 18.1. The number of rotatable bonds is 7. The highest BCUT2D eigenvalue weighted by Crippen LogP contribution is 2.22. The molecule has 0 aromatic heterocycles. The quantitative estimate of drug-likeness (QED) is 0.634. The number of carbonyl (C=O) groups excluding carboxylic acids is 2. The van der Waals surface area contributed by atoms with Crippen molar-refractivity contribution in [2.45, 2.75) is 45.1 Å². The van der Waals surface area contributed by atoms with E-state index in [-0.39, 0.29) is 11.9 Å². The van der Waals surface area contributed by atoms with Crippen molar-refractivity contribution in [3.05, 3.63) is 77.4 Å². The van der Waals surface area contributed by atoms with Crippen molar-refractivity contribution in [3.8, 4) is 0 Å². The number of anilines is 1. The first kappa shape index (κ1) is 21.2. The molecule has 1 heterocycles. The number of nitrogens with one attached hydrogen (secondary N) is 1. The zero-order valence-corrected chi connectivity index (χ0v) is 18.1. The van der Waals surface area contributed by atoms with E-state index in [0.717, 1.165) is 37.1 Å². The van der Waals surface area contributed by atoms with Gasteiger partial charge in [-0.25, -0.2) is 4.79 Å². The van der Waals surface area contributed by atoms with Crippen molar-refractivity contribution >= 4 is 17.6 Å². The maximum absolute atomic E-state index is 13.0. The Labute approximate surface area is 184 Å². The molecular formula is C26H31N3O2. The summed E-state index contributed by atoms with van der Waals surface area (Å²) in [5, 5.41) is 3.02. The Bertz CT molecular complexity index is 921. The standard InChI is InChI=1S/C26H31N3O2/c30-25(27-17-16-21-8-3-1-4-9-21)23-12-14-24(15-13-23)29-19-7-18-28(26(29)31)20-22-10-5-2-6-11-22/h2,5-6,8,10-15H,1,3-4,7,9,16-20H2,(H,27,30). The number of urea groups is 1. The molecule has 1 saturated heterocycles. The first-order chi connectivity index (χ1) is 15.2. The lowest BCUT2D eigenvalue weighted by Crippen LogP contribution is -2.49. The van der Waals surface area contributed by atoms with Crippen LogP contribution < -0.4 is 10.2 Å². The third-order valence-electron chi connectivity index (χ3n) is 6.09. The average Bonchev–Trinajstić information content (AvgIpc) is 2.82. The number of carbonyl (C=O) groups is 2. The van der Waals surface area contributed by atoms with Gasteiger partial charge in [0.2, 0.25) is 0 Å². The van der Waals surface area contributed by atoms with Crippen molar-refractivity contribution < 1.29 is 9.59 Å². The van der Waals surface area contributed by atoms with E-state index < -0.39 is 0 Å². The van der Waals surface area contributed by atoms with Gasteiger partial charge in [0.05, 0.1) is 0 Å². The first-order valence-electron chi connectivity index (χ1n) is 11.4. The molecule has 1 fully saturated rings. The molecule has 0 saturated carbocycles. The van der Waals surface area contributed by atoms with Crippen LogP contribution in [0, 0.1) is 0 Å². The summed E-state index contributed by atoms with van der Waals surface area (Å²) in [6.07, 6.45) is 9.06. The van der Waals surface area contributed by atoms with Crippen molar-refractivity contribution in [2.75, 3.05) is 24.5 Å². The van der Waals surface area contributed by atoms with E-state index in [9.17, 15) is 9.59 Å². The van der Waals surface area contributed by atoms with Crippen molar-refractivity contribution in [1.29, 1.82) is 0 Å². The topological polar surface area (TPSA) is 52.7 Å². The van der Waals surface area contributed by atoms with Crippen LogP contribution in [-0.2, 0) is 6.54 Å². The smallest absolute Gasteiger partial charge is 0.324 e. The molecule has 3 amide bonds. The number of hydrogen-bond donors (Lipinski definition) is 1. The monoisotopic (exact) mass is 417 g/mol. The minimum Gasteiger partial charge on any atom is -0.352 e. The fourth-order valence-corrected chi connectivity index (χ4v) is 4.33. The SMILES string of the molecule is O=C(NCCC1=CCCCC1)c1ccc(N2CCCN(Cc3ccccc3)C2=O)cc1. The van der Waals surface area contributed by atoms with E-state index in [4.69, 9.17) is 0 Å². The fourth-order valence-electron chi connectivity index (χ4n) is 4.33. The predicted octanol–water partition coefficient (Wildman–Crippen LogP) is 5.14. The highest BCUT2D eigenvalue weighted by Gasteiger charge is 2.26. The predicted molar refractivity (Wildman–Crippen MR) is 124 cm³/mol. The summed E-state index contributed by atoms with van der Waals surface area (Å²) in [6, 6.07) is 17.5. The van der Waals surface area contributed by atoms with E-state index in [0.29, 0.717) is 25.2 Å². The molecule has 162 valence electrons. The van der Waals surface area contributed by atoms with Crippen molar-refractivity contribution in [1.82, 2.24) is 10.2 Å². The van der Waals surface area contributed by atoms with Crippen LogP contribution in [0.1, 0.15) is 54.4 Å². The van der Waals surface area contributed by atoms with Crippen LogP contribution in [0.25, 0.3) is 0 Å². The van der Waals surface area contributed by atoms with Gasteiger partial charge in [0, 0.05) is 37.4 Å². The molecule has 0 unspecified atom stereocenters. The van der Waals surface area contributed by atoms with Gasteiger partial charge in [-0.1, -0.05) is 42.0 Å². The molecule has 4 rings (SSSR count). The van der Waals surface area contributed by atoms with E-state index >= 15 is 0 Å². The Kier molecular flexibility index (Phi) is 7.03. The highest BCUT2D eigenvalue weighted by atomic mass is 16.2. The lowest BCUT2D eigenvalue weighted by atomic mass is 9.97. The van der Waals surface area contributed by atoms with Crippen LogP contribution in [0.2, 0.25) is 0 Å². The number of benzene rings is 2. The van der Waals surface area contributed by atoms with Gasteiger partial charge in [0.1, 0.15) is 0 Å². The largest absolute Gasteiger partial charge is 0.352 e. The Morgan fingerprint density at radius 1 is 0.935 bits per heavy atom. The summed E-state index contributed by atoms with van der Waals surface area (Å²) in [6.45, 7) is 2.75. The highest BCUT2D eigenvalue weighted by molar-refractivity contribution is 5.96. The van der Waals surface area contributed by atoms with Crippen LogP contribution >= 0.6 is 0 Å². The number of allylic oxidation sites excluding steroid dienone is 1. The maximum atomic E-state index is 13.0. The molecule has 31 heavy (non-hydrogen) atoms. The lowest BCUT2D eigenvalue weighted by Gasteiger charge is -2.35. The minimum absolute atomic E-state index is 0.0214. The molecule has 1 N–H and O–H groups in total. The van der Waals surface area contributed by atoms with Crippen LogP contribution in [0.5, 0.6) is 0 Å². The summed E-state index contributed by atoms with van der Waals surface area (Å²) >= 11 is 0. The average molecular weight is 418 g/mol. The number of nitrogens with zero attached hydrogens (tertiary/aromatic N) is 2. The normalized spacial score (nSPS) is 16.8. The second kappa shape index (κ2) is 10.3. The summed E-state index contributed by atoms with van der Waals surface area (Å²) in [4.78, 5) is 29.2. The third-order valence-corrected chi connectivity index (χ3v) is 6.09. The van der Waals surface area contributed by atoms with Gasteiger partial charge < -0.3 is 10.2 Å². The third kappa shape index (κ3) is 5.54. The molecule has 2 aromatic carbocycles. The van der Waals surface area contributed by atoms with E-state index in [1.807, 2.05) is 64.4 Å². The summed E-state index contributed by atoms with van der Waals surface area (Å²) < 4.78 is 0. The van der Waals surface area contributed by atoms with E-state index in [1.165, 1.54) is 24.8 Å². The van der Waals surface area contributed by atoms with Gasteiger partial charge in [0.25, 0.3) is 5.91 Å². The molecule has 5 heteroatoms. The summed E-state index contributed by atoms with van der Waals surface area (Å²) in [7, 11) is 0. The molecule has 5 nitrogen and oxygen atoms in total. The molecular weight excluding hydrogens is 386 g/mol. The van der Waals surface area contributed by atoms with Crippen LogP contribution in [0.3, 0.4) is 0 Å². The van der Waals surface area contributed by atoms with Gasteiger partial charge in [-0.2, -0.15) is 0 Å². The molecule has 0 bridgehead atoms. The molecule has 0 spiro atoms. The van der Waals surface area contributed by atoms with Crippen molar-refractivity contribution in [3.63, 3.8) is 0 Å². The van der Waals surface area contributed by atoms with Gasteiger partial charge in [-0.3, -0.25) is 9.69 Å². The lowest BCUT2D eigenvalue weighted by molar-refractivity contribution is 0.0954. The van der Waals surface area contributed by atoms with Crippen LogP contribution in [0.4, 0.5) is 10.5 Å². The van der Waals surface area contributed by atoms with E-state index in [1.54, 1.807) is 0 Å². The Morgan fingerprint density at radius 3 is 2.48 bits per heavy atom. The van der Waals surface area contributed by atoms with Crippen molar-refractivity contribution in [2.24, 2.45) is 0 Å². The second-order valence-electron chi connectivity index (χ2n) is 8.36. The number of hydrogen-bond acceptors (Lipinski definition) is 2. The number of amides is 3. The minimum atomic E-state index is -0.0568. The van der Waals surface area contributed by atoms with E-state index in [2.05, 4.69) is 11.4 Å². The summed E-state index contributed by atoms with van der Waals surface area (Å²) in [5.74, 6) is -0.0568. The van der Waals surface area contributed by atoms with Gasteiger partial charge in [0.15, 0.2) is 0 Å². The first-order valence-corrected chi connectivity index (χ1v) is 11.4. The summed E-state index contributed by atoms with van der Waals surface area (Å²) in [5.41, 5.74) is 4.07. The Morgan fingerprint density at radius 2 is 1.74 bits per heavy atom. The van der Waals surface area contributed by atoms with Gasteiger partial charge in [-0.05, 0) is 68.4 Å². The molecule has 0 radical (unpaired) electrons. The van der Waals surface area contributed by atoms with Gasteiger partial charge in [-0.15, -0.1) is 0 Å². The zero-order chi connectivity index (χ0) is 21.5. The van der Waals surface area contributed by atoms with Crippen LogP contribution in [-0.4, -0.2) is 36.5 Å². The fraction of sp³-hybridized carbons (Fsp3) is 0.385. The Hall–Kier alpha value is -3.08. The van der Waals surface area contributed by atoms with Gasteiger partial charge >= 0.3 is 6.03 Å². The maximum Gasteiger partial charge on any atom is 0.324 e. The molecule has 2 aromatic rings. The second-order valence-corrected chi connectivity index (χ2v) is 8.36. The molecule has 2 aliphatic rings. The molecule has 1 aliphatic carbocycles. The Balaban J connectivity index is 1.33. The van der Waals surface area contributed by atoms with Crippen LogP contribution in [0.15, 0.2) is 66.2 Å².